The van der Waals surface area contributed by atoms with Gasteiger partial charge in [0.15, 0.2) is 11.6 Å². The molecule has 1 atom stereocenters. The molecule has 1 aliphatic carbocycles. The van der Waals surface area contributed by atoms with Crippen LogP contribution >= 0.6 is 0 Å². The summed E-state index contributed by atoms with van der Waals surface area (Å²) in [5, 5.41) is 3.45. The van der Waals surface area contributed by atoms with Crippen molar-refractivity contribution in [2.75, 3.05) is 5.32 Å². The normalized spacial score (nSPS) is 13.7. The molecule has 3 heteroatoms. The largest absolute Gasteiger partial charge is 0.382 e. The zero-order chi connectivity index (χ0) is 18.8. The van der Waals surface area contributed by atoms with Crippen LogP contribution < -0.4 is 5.32 Å². The highest BCUT2D eigenvalue weighted by Crippen LogP contribution is 2.32. The molecule has 3 aromatic carbocycles. The lowest BCUT2D eigenvalue weighted by atomic mass is 9.83. The number of nitrogens with one attached hydrogen (secondary N) is 1. The number of fused-ring (bicyclic) bond motifs is 2. The second-order valence-corrected chi connectivity index (χ2v) is 7.00. The first kappa shape index (κ1) is 17.2. The molecule has 0 radical (unpaired) electrons. The predicted molar refractivity (Wildman–Crippen MR) is 108 cm³/mol. The molecule has 1 aliphatic rings. The molecule has 0 aliphatic heterocycles. The van der Waals surface area contributed by atoms with Crippen molar-refractivity contribution in [1.82, 2.24) is 0 Å². The summed E-state index contributed by atoms with van der Waals surface area (Å²) < 4.78 is 0. The molecule has 0 fully saturated rings. The minimum Gasteiger partial charge on any atom is -0.382 e. The summed E-state index contributed by atoms with van der Waals surface area (Å²) in [6, 6.07) is 23.0. The van der Waals surface area contributed by atoms with E-state index in [9.17, 15) is 9.59 Å². The van der Waals surface area contributed by atoms with Gasteiger partial charge in [0.05, 0.1) is 5.56 Å². The van der Waals surface area contributed by atoms with E-state index in [-0.39, 0.29) is 17.6 Å². The number of aryl methyl sites for hydroxylation is 1. The van der Waals surface area contributed by atoms with Gasteiger partial charge in [0.2, 0.25) is 0 Å². The lowest BCUT2D eigenvalue weighted by molar-refractivity contribution is 0.0979. The van der Waals surface area contributed by atoms with Gasteiger partial charge in [-0.25, -0.2) is 0 Å². The Bertz CT molecular complexity index is 1010. The van der Waals surface area contributed by atoms with Gasteiger partial charge in [0.25, 0.3) is 0 Å². The van der Waals surface area contributed by atoms with Crippen LogP contribution in [0.3, 0.4) is 0 Å². The van der Waals surface area contributed by atoms with Crippen LogP contribution in [0.15, 0.2) is 72.8 Å². The lowest BCUT2D eigenvalue weighted by Gasteiger charge is -2.23. The summed E-state index contributed by atoms with van der Waals surface area (Å²) in [5.74, 6) is -0.167. The van der Waals surface area contributed by atoms with Gasteiger partial charge in [-0.15, -0.1) is 0 Å². The van der Waals surface area contributed by atoms with E-state index in [4.69, 9.17) is 0 Å². The van der Waals surface area contributed by atoms with E-state index in [1.807, 2.05) is 30.3 Å². The summed E-state index contributed by atoms with van der Waals surface area (Å²) in [5.41, 5.74) is 3.99. The molecular formula is C24H21NO2. The molecule has 1 unspecified atom stereocenters. The molecular weight excluding hydrogens is 334 g/mol. The van der Waals surface area contributed by atoms with Crippen molar-refractivity contribution in [2.24, 2.45) is 0 Å². The van der Waals surface area contributed by atoms with E-state index in [0.29, 0.717) is 22.3 Å². The van der Waals surface area contributed by atoms with Crippen molar-refractivity contribution in [2.45, 2.75) is 25.8 Å². The third kappa shape index (κ3) is 3.28. The van der Waals surface area contributed by atoms with Crippen molar-refractivity contribution in [1.29, 1.82) is 0 Å². The van der Waals surface area contributed by atoms with Crippen LogP contribution in [-0.2, 0) is 6.42 Å². The first-order valence-corrected chi connectivity index (χ1v) is 9.27. The highest BCUT2D eigenvalue weighted by atomic mass is 16.1. The smallest absolute Gasteiger partial charge is 0.196 e. The second kappa shape index (κ2) is 7.20. The molecule has 0 heterocycles. The highest BCUT2D eigenvalue weighted by molar-refractivity contribution is 6.30. The Morgan fingerprint density at radius 1 is 0.741 bits per heavy atom. The van der Waals surface area contributed by atoms with Gasteiger partial charge < -0.3 is 5.32 Å². The number of benzene rings is 3. The summed E-state index contributed by atoms with van der Waals surface area (Å²) in [7, 11) is 0. The summed E-state index contributed by atoms with van der Waals surface area (Å²) in [6.45, 7) is 2.10. The van der Waals surface area contributed by atoms with Crippen LogP contribution in [0.4, 0.5) is 5.69 Å². The Morgan fingerprint density at radius 2 is 1.37 bits per heavy atom. The Hall–Kier alpha value is -3.20. The third-order valence-corrected chi connectivity index (χ3v) is 5.06. The Balaban J connectivity index is 1.58. The van der Waals surface area contributed by atoms with Gasteiger partial charge >= 0.3 is 0 Å². The molecule has 0 amide bonds. The van der Waals surface area contributed by atoms with E-state index in [0.717, 1.165) is 18.5 Å². The van der Waals surface area contributed by atoms with Crippen LogP contribution in [-0.4, -0.2) is 17.6 Å². The fraction of sp³-hybridized carbons (Fsp3) is 0.167. The topological polar surface area (TPSA) is 46.2 Å². The van der Waals surface area contributed by atoms with Crippen LogP contribution in [0.2, 0.25) is 0 Å². The van der Waals surface area contributed by atoms with Gasteiger partial charge in [-0.2, -0.15) is 0 Å². The van der Waals surface area contributed by atoms with Crippen LogP contribution in [0.1, 0.15) is 50.8 Å². The van der Waals surface area contributed by atoms with E-state index in [1.165, 1.54) is 5.56 Å². The minimum absolute atomic E-state index is 0.0826. The number of anilines is 1. The Kier molecular flexibility index (Phi) is 4.59. The molecule has 27 heavy (non-hydrogen) atoms. The lowest BCUT2D eigenvalue weighted by Crippen LogP contribution is -2.24. The van der Waals surface area contributed by atoms with Crippen molar-refractivity contribution < 1.29 is 9.59 Å². The van der Waals surface area contributed by atoms with Gasteiger partial charge in [-0.3, -0.25) is 9.59 Å². The maximum Gasteiger partial charge on any atom is 0.196 e. The molecule has 4 rings (SSSR count). The number of carbonyl (C=O) groups excluding carboxylic acids is 2. The average molecular weight is 355 g/mol. The van der Waals surface area contributed by atoms with Crippen LogP contribution in [0.25, 0.3) is 0 Å². The molecule has 0 bridgehead atoms. The van der Waals surface area contributed by atoms with Crippen molar-refractivity contribution in [3.63, 3.8) is 0 Å². The fourth-order valence-corrected chi connectivity index (χ4v) is 3.63. The maximum atomic E-state index is 13.0. The first-order valence-electron chi connectivity index (χ1n) is 9.27. The monoisotopic (exact) mass is 355 g/mol. The quantitative estimate of drug-likeness (QED) is 0.554. The van der Waals surface area contributed by atoms with E-state index >= 15 is 0 Å². The molecule has 1 N–H and O–H groups in total. The molecule has 0 aromatic heterocycles. The Morgan fingerprint density at radius 3 is 2.11 bits per heavy atom. The average Bonchev–Trinajstić information content (AvgIpc) is 2.71. The summed E-state index contributed by atoms with van der Waals surface area (Å²) in [4.78, 5) is 25.9. The van der Waals surface area contributed by atoms with E-state index in [2.05, 4.69) is 24.4 Å². The van der Waals surface area contributed by atoms with Gasteiger partial charge in [-0.05, 0) is 31.4 Å². The predicted octanol–water partition coefficient (Wildman–Crippen LogP) is 4.90. The first-order chi connectivity index (χ1) is 13.1. The van der Waals surface area contributed by atoms with Crippen LogP contribution in [0, 0.1) is 0 Å². The maximum absolute atomic E-state index is 13.0. The van der Waals surface area contributed by atoms with Gasteiger partial charge in [0.1, 0.15) is 0 Å². The molecule has 0 saturated carbocycles. The Labute approximate surface area is 159 Å². The number of hydrogen-bond donors (Lipinski definition) is 1. The number of carbonyl (C=O) groups is 2. The standard InChI is InChI=1S/C24H21NO2/c1-16(14-15-17-8-3-2-4-9-17)25-21-13-7-12-20-22(21)24(27)19-11-6-5-10-18(19)23(20)26/h2-13,16,25H,14-15H2,1H3. The SMILES string of the molecule is CC(CCc1ccccc1)Nc1cccc2c1C(=O)c1ccccc1C2=O. The van der Waals surface area contributed by atoms with Crippen molar-refractivity contribution >= 4 is 17.3 Å². The summed E-state index contributed by atoms with van der Waals surface area (Å²) >= 11 is 0. The van der Waals surface area contributed by atoms with Gasteiger partial charge in [-0.1, -0.05) is 66.7 Å². The highest BCUT2D eigenvalue weighted by Gasteiger charge is 2.31. The zero-order valence-electron chi connectivity index (χ0n) is 15.2. The molecule has 0 spiro atoms. The third-order valence-electron chi connectivity index (χ3n) is 5.06. The molecule has 134 valence electrons. The minimum atomic E-state index is -0.0847. The number of ketones is 2. The van der Waals surface area contributed by atoms with E-state index < -0.39 is 0 Å². The second-order valence-electron chi connectivity index (χ2n) is 7.00. The zero-order valence-corrected chi connectivity index (χ0v) is 15.2. The van der Waals surface area contributed by atoms with Crippen molar-refractivity contribution in [3.05, 3.63) is 101 Å². The van der Waals surface area contributed by atoms with Gasteiger partial charge in [0, 0.05) is 28.4 Å². The fourth-order valence-electron chi connectivity index (χ4n) is 3.63. The molecule has 3 aromatic rings. The van der Waals surface area contributed by atoms with E-state index in [1.54, 1.807) is 30.3 Å². The number of rotatable bonds is 5. The van der Waals surface area contributed by atoms with Crippen molar-refractivity contribution in [3.8, 4) is 0 Å². The van der Waals surface area contributed by atoms with Crippen LogP contribution in [0.5, 0.6) is 0 Å². The summed E-state index contributed by atoms with van der Waals surface area (Å²) in [6.07, 6.45) is 1.89. The molecule has 3 nitrogen and oxygen atoms in total. The molecule has 0 saturated heterocycles. The number of hydrogen-bond acceptors (Lipinski definition) is 3.